The number of hydrogen-bond acceptors (Lipinski definition) is 6. The van der Waals surface area contributed by atoms with E-state index in [-0.39, 0.29) is 18.0 Å². The molecule has 37 heavy (non-hydrogen) atoms. The van der Waals surface area contributed by atoms with Crippen molar-refractivity contribution in [3.8, 4) is 17.2 Å². The minimum atomic E-state index is -0.487. The van der Waals surface area contributed by atoms with Crippen molar-refractivity contribution in [2.75, 3.05) is 40.4 Å². The van der Waals surface area contributed by atoms with Gasteiger partial charge in [-0.15, -0.1) is 0 Å². The Hall–Kier alpha value is -3.84. The van der Waals surface area contributed by atoms with Gasteiger partial charge in [0.2, 0.25) is 0 Å². The van der Waals surface area contributed by atoms with Gasteiger partial charge in [0.25, 0.3) is 0 Å². The predicted octanol–water partition coefficient (Wildman–Crippen LogP) is 4.94. The highest BCUT2D eigenvalue weighted by Crippen LogP contribution is 2.44. The predicted molar refractivity (Wildman–Crippen MR) is 138 cm³/mol. The first-order valence-corrected chi connectivity index (χ1v) is 12.7. The maximum atomic E-state index is 13.5. The van der Waals surface area contributed by atoms with Gasteiger partial charge in [-0.1, -0.05) is 36.4 Å². The molecule has 0 N–H and O–H groups in total. The zero-order valence-corrected chi connectivity index (χ0v) is 21.2. The van der Waals surface area contributed by atoms with Crippen LogP contribution in [0, 0.1) is 0 Å². The molecule has 0 aromatic heterocycles. The molecule has 2 aliphatic heterocycles. The number of rotatable bonds is 8. The second kappa shape index (κ2) is 10.6. The van der Waals surface area contributed by atoms with E-state index in [1.807, 2.05) is 48.5 Å². The maximum Gasteiger partial charge on any atom is 0.337 e. The highest BCUT2D eigenvalue weighted by Gasteiger charge is 2.40. The second-order valence-corrected chi connectivity index (χ2v) is 9.93. The number of likely N-dealkylation sites (N-methyl/N-ethyl adjacent to an activating group) is 1. The first kappa shape index (κ1) is 24.8. The van der Waals surface area contributed by atoms with E-state index in [1.165, 1.54) is 7.11 Å². The smallest absolute Gasteiger partial charge is 0.337 e. The molecule has 2 atom stereocenters. The molecule has 3 aromatic carbocycles. The van der Waals surface area contributed by atoms with Crippen LogP contribution in [0.25, 0.3) is 0 Å². The van der Waals surface area contributed by atoms with Gasteiger partial charge in [0.15, 0.2) is 6.10 Å². The summed E-state index contributed by atoms with van der Waals surface area (Å²) >= 11 is 0. The first-order chi connectivity index (χ1) is 18.0. The van der Waals surface area contributed by atoms with Crippen LogP contribution in [0.2, 0.25) is 0 Å². The van der Waals surface area contributed by atoms with Crippen LogP contribution < -0.4 is 9.47 Å². The summed E-state index contributed by atoms with van der Waals surface area (Å²) in [5.41, 5.74) is 2.19. The van der Waals surface area contributed by atoms with E-state index < -0.39 is 5.92 Å². The number of para-hydroxylation sites is 2. The number of ether oxygens (including phenoxy) is 4. The molecule has 192 valence electrons. The van der Waals surface area contributed by atoms with Gasteiger partial charge in [0.1, 0.15) is 29.7 Å². The van der Waals surface area contributed by atoms with E-state index in [0.717, 1.165) is 53.8 Å². The second-order valence-electron chi connectivity index (χ2n) is 9.93. The number of esters is 2. The molecule has 0 saturated carbocycles. The van der Waals surface area contributed by atoms with Gasteiger partial charge in [-0.2, -0.15) is 0 Å². The molecule has 0 aliphatic carbocycles. The summed E-state index contributed by atoms with van der Waals surface area (Å²) in [4.78, 5) is 25.0. The Morgan fingerprint density at radius 3 is 2.24 bits per heavy atom. The van der Waals surface area contributed by atoms with E-state index in [0.29, 0.717) is 23.7 Å². The number of carbonyl (C=O) groups is 2. The van der Waals surface area contributed by atoms with Crippen molar-refractivity contribution in [3.63, 3.8) is 0 Å². The summed E-state index contributed by atoms with van der Waals surface area (Å²) in [6, 6.07) is 22.3. The zero-order valence-electron chi connectivity index (χ0n) is 21.2. The fourth-order valence-electron chi connectivity index (χ4n) is 5.27. The van der Waals surface area contributed by atoms with Crippen LogP contribution in [0.3, 0.4) is 0 Å². The SMILES string of the molecule is COC(=O)c1ccc(OCCC[N+]2(C)CCC(OC(=O)C3c4ccccc4Oc4ccccc43)C2)cc1. The fraction of sp³-hybridized carbons (Fsp3) is 0.333. The summed E-state index contributed by atoms with van der Waals surface area (Å²) in [5.74, 6) is 1.06. The quantitative estimate of drug-likeness (QED) is 0.247. The molecule has 0 radical (unpaired) electrons. The normalized spacial score (nSPS) is 20.3. The molecule has 0 bridgehead atoms. The molecular weight excluding hydrogens is 470 g/mol. The van der Waals surface area contributed by atoms with E-state index in [2.05, 4.69) is 7.05 Å². The molecule has 1 saturated heterocycles. The van der Waals surface area contributed by atoms with Crippen molar-refractivity contribution >= 4 is 11.9 Å². The Bertz CT molecular complexity index is 1230. The van der Waals surface area contributed by atoms with E-state index in [9.17, 15) is 9.59 Å². The molecule has 7 heteroatoms. The number of benzene rings is 3. The maximum absolute atomic E-state index is 13.5. The van der Waals surface area contributed by atoms with Crippen molar-refractivity contribution in [1.82, 2.24) is 0 Å². The molecule has 3 aromatic rings. The van der Waals surface area contributed by atoms with E-state index >= 15 is 0 Å². The van der Waals surface area contributed by atoms with Gasteiger partial charge in [-0.3, -0.25) is 4.79 Å². The molecule has 5 rings (SSSR count). The summed E-state index contributed by atoms with van der Waals surface area (Å²) in [5, 5.41) is 0. The third-order valence-electron chi connectivity index (χ3n) is 7.22. The number of quaternary nitrogens is 1. The standard InChI is InChI=1S/C30H32NO6/c1-31(17-7-19-35-22-14-12-21(13-15-22)29(32)34-2)18-16-23(20-31)36-30(33)28-24-8-3-5-10-26(24)37-27-11-6-4-9-25(27)28/h3-6,8-15,23,28H,7,16-20H2,1-2H3/q+1. The lowest BCUT2D eigenvalue weighted by molar-refractivity contribution is -0.899. The number of carbonyl (C=O) groups excluding carboxylic acids is 2. The largest absolute Gasteiger partial charge is 0.493 e. The molecule has 2 aliphatic rings. The monoisotopic (exact) mass is 502 g/mol. The zero-order chi connectivity index (χ0) is 25.8. The van der Waals surface area contributed by atoms with Crippen molar-refractivity contribution < 1.29 is 33.0 Å². The highest BCUT2D eigenvalue weighted by molar-refractivity contribution is 5.89. The molecule has 7 nitrogen and oxygen atoms in total. The summed E-state index contributed by atoms with van der Waals surface area (Å²) in [6.45, 7) is 3.24. The van der Waals surface area contributed by atoms with Gasteiger partial charge in [-0.05, 0) is 36.4 Å². The van der Waals surface area contributed by atoms with Crippen LogP contribution in [0.15, 0.2) is 72.8 Å². The third-order valence-corrected chi connectivity index (χ3v) is 7.22. The molecule has 0 spiro atoms. The molecule has 2 heterocycles. The Morgan fingerprint density at radius 1 is 0.946 bits per heavy atom. The summed E-state index contributed by atoms with van der Waals surface area (Å²) in [6.07, 6.45) is 1.59. The number of methoxy groups -OCH3 is 1. The lowest BCUT2D eigenvalue weighted by Crippen LogP contribution is -2.44. The number of fused-ring (bicyclic) bond motifs is 2. The van der Waals surface area contributed by atoms with Gasteiger partial charge < -0.3 is 23.4 Å². The van der Waals surface area contributed by atoms with Crippen LogP contribution in [-0.2, 0) is 14.3 Å². The van der Waals surface area contributed by atoms with Crippen molar-refractivity contribution in [2.24, 2.45) is 0 Å². The van der Waals surface area contributed by atoms with Crippen LogP contribution in [0.4, 0.5) is 0 Å². The minimum Gasteiger partial charge on any atom is -0.493 e. The lowest BCUT2D eigenvalue weighted by atomic mass is 9.88. The minimum absolute atomic E-state index is 0.119. The van der Waals surface area contributed by atoms with Gasteiger partial charge >= 0.3 is 11.9 Å². The van der Waals surface area contributed by atoms with Gasteiger partial charge in [0, 0.05) is 24.0 Å². The van der Waals surface area contributed by atoms with E-state index in [4.69, 9.17) is 18.9 Å². The highest BCUT2D eigenvalue weighted by atomic mass is 16.5. The van der Waals surface area contributed by atoms with Crippen LogP contribution in [-0.4, -0.2) is 62.9 Å². The van der Waals surface area contributed by atoms with Crippen molar-refractivity contribution in [3.05, 3.63) is 89.5 Å². The van der Waals surface area contributed by atoms with Crippen LogP contribution in [0.5, 0.6) is 17.2 Å². The first-order valence-electron chi connectivity index (χ1n) is 12.7. The number of likely N-dealkylation sites (tertiary alicyclic amines) is 1. The fourth-order valence-corrected chi connectivity index (χ4v) is 5.27. The average Bonchev–Trinajstić information content (AvgIpc) is 3.29. The van der Waals surface area contributed by atoms with Crippen LogP contribution in [0.1, 0.15) is 40.2 Å². The molecule has 2 unspecified atom stereocenters. The van der Waals surface area contributed by atoms with Gasteiger partial charge in [0.05, 0.1) is 39.4 Å². The van der Waals surface area contributed by atoms with Crippen molar-refractivity contribution in [1.29, 1.82) is 0 Å². The average molecular weight is 503 g/mol. The molecule has 1 fully saturated rings. The Kier molecular flexibility index (Phi) is 7.15. The molecule has 0 amide bonds. The van der Waals surface area contributed by atoms with Crippen molar-refractivity contribution in [2.45, 2.75) is 24.9 Å². The summed E-state index contributed by atoms with van der Waals surface area (Å²) < 4.78 is 23.5. The Morgan fingerprint density at radius 2 is 1.59 bits per heavy atom. The van der Waals surface area contributed by atoms with Crippen LogP contribution >= 0.6 is 0 Å². The number of hydrogen-bond donors (Lipinski definition) is 0. The Balaban J connectivity index is 1.14. The topological polar surface area (TPSA) is 71.1 Å². The van der Waals surface area contributed by atoms with Gasteiger partial charge in [-0.25, -0.2) is 4.79 Å². The lowest BCUT2D eigenvalue weighted by Gasteiger charge is -2.30. The Labute approximate surface area is 217 Å². The number of nitrogens with zero attached hydrogens (tertiary/aromatic N) is 1. The third kappa shape index (κ3) is 5.47. The van der Waals surface area contributed by atoms with E-state index in [1.54, 1.807) is 24.3 Å². The summed E-state index contributed by atoms with van der Waals surface area (Å²) in [7, 11) is 3.57. The molecular formula is C30H32NO6+.